The molecule has 1 aliphatic heterocycles. The second-order valence-corrected chi connectivity index (χ2v) is 9.84. The van der Waals surface area contributed by atoms with E-state index in [4.69, 9.17) is 4.74 Å². The minimum absolute atomic E-state index is 0.0754. The Morgan fingerprint density at radius 2 is 1.81 bits per heavy atom. The lowest BCUT2D eigenvalue weighted by atomic mass is 10.2. The van der Waals surface area contributed by atoms with Crippen LogP contribution < -0.4 is 10.1 Å². The zero-order valence-electron chi connectivity index (χ0n) is 18.5. The summed E-state index contributed by atoms with van der Waals surface area (Å²) in [5.41, 5.74) is 1.21. The first-order chi connectivity index (χ1) is 15.3. The Morgan fingerprint density at radius 3 is 2.47 bits per heavy atom. The predicted molar refractivity (Wildman–Crippen MR) is 122 cm³/mol. The molecule has 1 fully saturated rings. The first-order valence-corrected chi connectivity index (χ1v) is 12.2. The number of benzene rings is 2. The molecule has 0 atom stereocenters. The SMILES string of the molecule is CCOc1ccc(S(=O)(=O)N2CCCCC2)cc1NC(=O)CN(C)Cc1ccc(F)cc1. The molecule has 174 valence electrons. The first kappa shape index (κ1) is 24.2. The third-order valence-electron chi connectivity index (χ3n) is 5.26. The normalized spacial score (nSPS) is 15.0. The predicted octanol–water partition coefficient (Wildman–Crippen LogP) is 3.47. The van der Waals surface area contributed by atoms with Gasteiger partial charge in [-0.25, -0.2) is 12.8 Å². The number of likely N-dealkylation sites (N-methyl/N-ethyl adjacent to an activating group) is 1. The van der Waals surface area contributed by atoms with Gasteiger partial charge in [-0.05, 0) is 62.7 Å². The molecule has 1 heterocycles. The van der Waals surface area contributed by atoms with Crippen molar-refractivity contribution in [2.24, 2.45) is 0 Å². The molecule has 0 spiro atoms. The third kappa shape index (κ3) is 6.27. The zero-order chi connectivity index (χ0) is 23.1. The van der Waals surface area contributed by atoms with Crippen LogP contribution in [0.3, 0.4) is 0 Å². The number of hydrogen-bond donors (Lipinski definition) is 1. The summed E-state index contributed by atoms with van der Waals surface area (Å²) >= 11 is 0. The van der Waals surface area contributed by atoms with Crippen LogP contribution in [0.2, 0.25) is 0 Å². The van der Waals surface area contributed by atoms with E-state index in [-0.39, 0.29) is 23.2 Å². The van der Waals surface area contributed by atoms with Crippen molar-refractivity contribution in [3.63, 3.8) is 0 Å². The fourth-order valence-electron chi connectivity index (χ4n) is 3.70. The zero-order valence-corrected chi connectivity index (χ0v) is 19.3. The van der Waals surface area contributed by atoms with Crippen LogP contribution in [0, 0.1) is 5.82 Å². The molecule has 1 aliphatic rings. The van der Waals surface area contributed by atoms with Gasteiger partial charge in [0.2, 0.25) is 15.9 Å². The molecule has 1 saturated heterocycles. The average Bonchev–Trinajstić information content (AvgIpc) is 2.77. The summed E-state index contributed by atoms with van der Waals surface area (Å²) in [5, 5.41) is 2.79. The van der Waals surface area contributed by atoms with Crippen LogP contribution in [0.5, 0.6) is 5.75 Å². The standard InChI is InChI=1S/C23H30FN3O4S/c1-3-31-22-12-11-20(32(29,30)27-13-5-4-6-14-27)15-21(22)25-23(28)17-26(2)16-18-7-9-19(24)10-8-18/h7-12,15H,3-6,13-14,16-17H2,1-2H3,(H,25,28). The van der Waals surface area contributed by atoms with Gasteiger partial charge in [0, 0.05) is 19.6 Å². The molecule has 0 saturated carbocycles. The minimum atomic E-state index is -3.63. The van der Waals surface area contributed by atoms with Crippen molar-refractivity contribution >= 4 is 21.6 Å². The fraction of sp³-hybridized carbons (Fsp3) is 0.435. The molecule has 1 amide bonds. The molecule has 32 heavy (non-hydrogen) atoms. The number of hydrogen-bond acceptors (Lipinski definition) is 5. The van der Waals surface area contributed by atoms with Gasteiger partial charge in [0.05, 0.1) is 23.7 Å². The smallest absolute Gasteiger partial charge is 0.243 e. The number of carbonyl (C=O) groups is 1. The summed E-state index contributed by atoms with van der Waals surface area (Å²) in [7, 11) is -1.85. The van der Waals surface area contributed by atoms with Gasteiger partial charge in [0.1, 0.15) is 11.6 Å². The Labute approximate surface area is 189 Å². The molecule has 1 N–H and O–H groups in total. The van der Waals surface area contributed by atoms with Crippen LogP contribution in [-0.2, 0) is 21.4 Å². The highest BCUT2D eigenvalue weighted by molar-refractivity contribution is 7.89. The highest BCUT2D eigenvalue weighted by Crippen LogP contribution is 2.30. The molecule has 7 nitrogen and oxygen atoms in total. The Kier molecular flexibility index (Phi) is 8.22. The number of sulfonamides is 1. The fourth-order valence-corrected chi connectivity index (χ4v) is 5.24. The van der Waals surface area contributed by atoms with E-state index in [1.807, 2.05) is 6.92 Å². The van der Waals surface area contributed by atoms with E-state index in [9.17, 15) is 17.6 Å². The van der Waals surface area contributed by atoms with E-state index in [0.29, 0.717) is 37.7 Å². The molecule has 0 radical (unpaired) electrons. The average molecular weight is 464 g/mol. The number of amides is 1. The van der Waals surface area contributed by atoms with Crippen molar-refractivity contribution < 1.29 is 22.3 Å². The van der Waals surface area contributed by atoms with Gasteiger partial charge in [-0.3, -0.25) is 9.69 Å². The van der Waals surface area contributed by atoms with Crippen LogP contribution >= 0.6 is 0 Å². The Bertz CT molecular complexity index is 1020. The summed E-state index contributed by atoms with van der Waals surface area (Å²) in [5.74, 6) is -0.195. The van der Waals surface area contributed by atoms with E-state index >= 15 is 0 Å². The summed E-state index contributed by atoms with van der Waals surface area (Å²) < 4.78 is 46.2. The Balaban J connectivity index is 1.72. The van der Waals surface area contributed by atoms with Gasteiger partial charge in [0.15, 0.2) is 0 Å². The maximum Gasteiger partial charge on any atom is 0.243 e. The summed E-state index contributed by atoms with van der Waals surface area (Å²) in [6.45, 7) is 3.75. The van der Waals surface area contributed by atoms with Gasteiger partial charge in [-0.2, -0.15) is 4.31 Å². The van der Waals surface area contributed by atoms with Crippen molar-refractivity contribution in [3.05, 3.63) is 53.8 Å². The quantitative estimate of drug-likeness (QED) is 0.616. The van der Waals surface area contributed by atoms with Crippen molar-refractivity contribution in [1.82, 2.24) is 9.21 Å². The van der Waals surface area contributed by atoms with Gasteiger partial charge < -0.3 is 10.1 Å². The van der Waals surface area contributed by atoms with Crippen molar-refractivity contribution in [3.8, 4) is 5.75 Å². The third-order valence-corrected chi connectivity index (χ3v) is 7.15. The van der Waals surface area contributed by atoms with E-state index < -0.39 is 10.0 Å². The largest absolute Gasteiger partial charge is 0.492 e. The maximum atomic E-state index is 13.1. The molecule has 0 bridgehead atoms. The Morgan fingerprint density at radius 1 is 1.12 bits per heavy atom. The molecule has 9 heteroatoms. The Hall–Kier alpha value is -2.49. The number of rotatable bonds is 9. The van der Waals surface area contributed by atoms with E-state index in [0.717, 1.165) is 24.8 Å². The number of ether oxygens (including phenoxy) is 1. The van der Waals surface area contributed by atoms with Crippen molar-refractivity contribution in [1.29, 1.82) is 0 Å². The lowest BCUT2D eigenvalue weighted by molar-refractivity contribution is -0.117. The van der Waals surface area contributed by atoms with Crippen molar-refractivity contribution in [2.45, 2.75) is 37.6 Å². The summed E-state index contributed by atoms with van der Waals surface area (Å²) in [6.07, 6.45) is 2.72. The highest BCUT2D eigenvalue weighted by atomic mass is 32.2. The number of carbonyl (C=O) groups excluding carboxylic acids is 1. The molecular formula is C23H30FN3O4S. The van der Waals surface area contributed by atoms with Gasteiger partial charge in [-0.15, -0.1) is 0 Å². The minimum Gasteiger partial charge on any atom is -0.492 e. The van der Waals surface area contributed by atoms with Gasteiger partial charge in [0.25, 0.3) is 0 Å². The molecule has 0 unspecified atom stereocenters. The molecular weight excluding hydrogens is 433 g/mol. The second kappa shape index (κ2) is 10.9. The number of nitrogens with one attached hydrogen (secondary N) is 1. The number of piperidine rings is 1. The molecule has 2 aromatic rings. The lowest BCUT2D eigenvalue weighted by Gasteiger charge is -2.26. The number of nitrogens with zero attached hydrogens (tertiary/aromatic N) is 2. The monoisotopic (exact) mass is 463 g/mol. The van der Waals surface area contributed by atoms with Gasteiger partial charge in [-0.1, -0.05) is 18.6 Å². The highest BCUT2D eigenvalue weighted by Gasteiger charge is 2.27. The molecule has 2 aromatic carbocycles. The second-order valence-electron chi connectivity index (χ2n) is 7.90. The van der Waals surface area contributed by atoms with Crippen LogP contribution in [0.4, 0.5) is 10.1 Å². The molecule has 0 aliphatic carbocycles. The van der Waals surface area contributed by atoms with Crippen molar-refractivity contribution in [2.75, 3.05) is 38.6 Å². The lowest BCUT2D eigenvalue weighted by Crippen LogP contribution is -2.35. The topological polar surface area (TPSA) is 79.0 Å². The summed E-state index contributed by atoms with van der Waals surface area (Å²) in [6, 6.07) is 10.7. The van der Waals surface area contributed by atoms with Gasteiger partial charge >= 0.3 is 0 Å². The molecule has 3 rings (SSSR count). The first-order valence-electron chi connectivity index (χ1n) is 10.8. The van der Waals surface area contributed by atoms with E-state index in [2.05, 4.69) is 5.32 Å². The van der Waals surface area contributed by atoms with Crippen LogP contribution in [0.1, 0.15) is 31.7 Å². The van der Waals surface area contributed by atoms with E-state index in [1.54, 1.807) is 30.1 Å². The van der Waals surface area contributed by atoms with Crippen LogP contribution in [-0.4, -0.2) is 56.8 Å². The van der Waals surface area contributed by atoms with E-state index in [1.165, 1.54) is 28.6 Å². The summed E-state index contributed by atoms with van der Waals surface area (Å²) in [4.78, 5) is 14.6. The van der Waals surface area contributed by atoms with Crippen LogP contribution in [0.15, 0.2) is 47.4 Å². The number of anilines is 1. The number of halogens is 1. The maximum absolute atomic E-state index is 13.1. The van der Waals surface area contributed by atoms with Crippen LogP contribution in [0.25, 0.3) is 0 Å². The molecule has 0 aromatic heterocycles.